The molecule has 0 spiro atoms. The Labute approximate surface area is 90.3 Å². The monoisotopic (exact) mass is 258 g/mol. The van der Waals surface area contributed by atoms with E-state index in [1.807, 2.05) is 0 Å². The molecule has 0 aliphatic heterocycles. The van der Waals surface area contributed by atoms with E-state index in [1.54, 1.807) is 26.4 Å². The fourth-order valence-electron chi connectivity index (χ4n) is 0.901. The minimum atomic E-state index is -0.186. The van der Waals surface area contributed by atoms with Gasteiger partial charge in [0.15, 0.2) is 0 Å². The highest BCUT2D eigenvalue weighted by molar-refractivity contribution is 9.10. The average molecular weight is 259 g/mol. The van der Waals surface area contributed by atoms with Gasteiger partial charge in [-0.1, -0.05) is 15.9 Å². The maximum atomic E-state index is 11.4. The highest BCUT2D eigenvalue weighted by Gasteiger charge is 2.05. The van der Waals surface area contributed by atoms with E-state index in [2.05, 4.69) is 15.9 Å². The minimum absolute atomic E-state index is 0.0825. The van der Waals surface area contributed by atoms with E-state index in [4.69, 9.17) is 0 Å². The van der Waals surface area contributed by atoms with Crippen LogP contribution in [0.25, 0.3) is 0 Å². The Morgan fingerprint density at radius 1 is 1.57 bits per heavy atom. The number of carbonyl (C=O) groups excluding carboxylic acids is 1. The van der Waals surface area contributed by atoms with Gasteiger partial charge in [-0.15, -0.1) is 0 Å². The fourth-order valence-corrected chi connectivity index (χ4v) is 1.22. The lowest BCUT2D eigenvalue weighted by Crippen LogP contribution is -2.30. The van der Waals surface area contributed by atoms with E-state index >= 15 is 0 Å². The van der Waals surface area contributed by atoms with Crippen LogP contribution in [0.3, 0.4) is 0 Å². The Morgan fingerprint density at radius 2 is 2.21 bits per heavy atom. The maximum Gasteiger partial charge on any atom is 0.252 e. The van der Waals surface area contributed by atoms with Crippen LogP contribution in [-0.2, 0) is 11.3 Å². The Balaban J connectivity index is 2.88. The zero-order chi connectivity index (χ0) is 10.7. The summed E-state index contributed by atoms with van der Waals surface area (Å²) in [5, 5.41) is 0. The van der Waals surface area contributed by atoms with Gasteiger partial charge in [0.05, 0.1) is 0 Å². The van der Waals surface area contributed by atoms with Crippen LogP contribution >= 0.6 is 15.9 Å². The average Bonchev–Trinajstić information content (AvgIpc) is 2.09. The number of carbonyl (C=O) groups is 1. The number of rotatable bonds is 2. The normalized spacial score (nSPS) is 9.93. The molecule has 0 saturated heterocycles. The second kappa shape index (κ2) is 4.41. The van der Waals surface area contributed by atoms with Gasteiger partial charge in [0.1, 0.15) is 6.54 Å². The van der Waals surface area contributed by atoms with Crippen LogP contribution in [-0.4, -0.2) is 29.5 Å². The van der Waals surface area contributed by atoms with Gasteiger partial charge in [0, 0.05) is 30.8 Å². The van der Waals surface area contributed by atoms with Gasteiger partial charge in [0.2, 0.25) is 5.91 Å². The Kier molecular flexibility index (Phi) is 3.46. The largest absolute Gasteiger partial charge is 0.347 e. The molecule has 1 heterocycles. The molecule has 0 aromatic carbocycles. The van der Waals surface area contributed by atoms with Crippen LogP contribution in [0.4, 0.5) is 0 Å². The number of pyridine rings is 1. The van der Waals surface area contributed by atoms with Crippen molar-refractivity contribution in [3.63, 3.8) is 0 Å². The van der Waals surface area contributed by atoms with Crippen molar-refractivity contribution in [1.82, 2.24) is 9.47 Å². The molecule has 1 amide bonds. The third-order valence-electron chi connectivity index (χ3n) is 1.76. The molecule has 14 heavy (non-hydrogen) atoms. The zero-order valence-corrected chi connectivity index (χ0v) is 9.61. The summed E-state index contributed by atoms with van der Waals surface area (Å²) in [6.07, 6.45) is 1.59. The summed E-state index contributed by atoms with van der Waals surface area (Å²) in [4.78, 5) is 24.1. The van der Waals surface area contributed by atoms with Gasteiger partial charge in [0.25, 0.3) is 5.56 Å². The van der Waals surface area contributed by atoms with E-state index in [-0.39, 0.29) is 18.0 Å². The molecule has 5 heteroatoms. The molecule has 0 fully saturated rings. The molecule has 0 aliphatic carbocycles. The summed E-state index contributed by atoms with van der Waals surface area (Å²) < 4.78 is 2.09. The number of hydrogen-bond acceptors (Lipinski definition) is 2. The minimum Gasteiger partial charge on any atom is -0.347 e. The first-order valence-electron chi connectivity index (χ1n) is 4.07. The lowest BCUT2D eigenvalue weighted by molar-refractivity contribution is -0.129. The molecule has 4 nitrogen and oxygen atoms in total. The predicted octanol–water partition coefficient (Wildman–Crippen LogP) is 0.699. The van der Waals surface area contributed by atoms with Crippen molar-refractivity contribution in [3.05, 3.63) is 33.2 Å². The molecule has 1 aromatic rings. The van der Waals surface area contributed by atoms with Crippen LogP contribution in [0.15, 0.2) is 27.6 Å². The van der Waals surface area contributed by atoms with Gasteiger partial charge in [-0.2, -0.15) is 0 Å². The molecule has 0 unspecified atom stereocenters. The Hall–Kier alpha value is -1.10. The smallest absolute Gasteiger partial charge is 0.252 e. The molecular formula is C9H11BrN2O2. The van der Waals surface area contributed by atoms with Gasteiger partial charge in [-0.25, -0.2) is 0 Å². The van der Waals surface area contributed by atoms with E-state index in [9.17, 15) is 9.59 Å². The van der Waals surface area contributed by atoms with Crippen molar-refractivity contribution in [2.75, 3.05) is 14.1 Å². The Morgan fingerprint density at radius 3 is 2.71 bits per heavy atom. The molecule has 0 atom stereocenters. The second-order valence-corrected chi connectivity index (χ2v) is 4.01. The predicted molar refractivity (Wildman–Crippen MR) is 57.1 cm³/mol. The number of amides is 1. The van der Waals surface area contributed by atoms with E-state index in [0.717, 1.165) is 4.47 Å². The molecule has 0 saturated carbocycles. The van der Waals surface area contributed by atoms with E-state index in [0.29, 0.717) is 0 Å². The fraction of sp³-hybridized carbons (Fsp3) is 0.333. The molecule has 76 valence electrons. The molecule has 0 aliphatic rings. The summed E-state index contributed by atoms with van der Waals surface area (Å²) >= 11 is 3.18. The van der Waals surface area contributed by atoms with Crippen LogP contribution in [0.1, 0.15) is 0 Å². The third-order valence-corrected chi connectivity index (χ3v) is 2.26. The molecule has 0 radical (unpaired) electrons. The van der Waals surface area contributed by atoms with Crippen molar-refractivity contribution in [1.29, 1.82) is 0 Å². The quantitative estimate of drug-likeness (QED) is 0.784. The highest BCUT2D eigenvalue weighted by atomic mass is 79.9. The lowest BCUT2D eigenvalue weighted by Gasteiger charge is -2.11. The van der Waals surface area contributed by atoms with Crippen molar-refractivity contribution >= 4 is 21.8 Å². The first-order chi connectivity index (χ1) is 6.50. The van der Waals surface area contributed by atoms with E-state index in [1.165, 1.54) is 15.5 Å². The second-order valence-electron chi connectivity index (χ2n) is 3.10. The van der Waals surface area contributed by atoms with Gasteiger partial charge < -0.3 is 9.47 Å². The molecule has 1 rings (SSSR count). The summed E-state index contributed by atoms with van der Waals surface area (Å²) in [5.41, 5.74) is -0.186. The van der Waals surface area contributed by atoms with E-state index < -0.39 is 0 Å². The van der Waals surface area contributed by atoms with Crippen molar-refractivity contribution in [2.45, 2.75) is 6.54 Å². The summed E-state index contributed by atoms with van der Waals surface area (Å²) in [7, 11) is 3.32. The van der Waals surface area contributed by atoms with Crippen molar-refractivity contribution in [2.24, 2.45) is 0 Å². The molecule has 0 N–H and O–H groups in total. The number of likely N-dealkylation sites (N-methyl/N-ethyl adjacent to an activating group) is 1. The van der Waals surface area contributed by atoms with Gasteiger partial charge in [-0.05, 0) is 6.07 Å². The van der Waals surface area contributed by atoms with Crippen LogP contribution in [0.2, 0.25) is 0 Å². The van der Waals surface area contributed by atoms with Gasteiger partial charge in [-0.3, -0.25) is 9.59 Å². The summed E-state index contributed by atoms with van der Waals surface area (Å²) in [6.45, 7) is 0.0825. The SMILES string of the molecule is CN(C)C(=O)Cn1ccc(Br)cc1=O. The number of hydrogen-bond donors (Lipinski definition) is 0. The van der Waals surface area contributed by atoms with Crippen LogP contribution in [0.5, 0.6) is 0 Å². The molecular weight excluding hydrogens is 248 g/mol. The number of aromatic nitrogens is 1. The molecule has 1 aromatic heterocycles. The molecule has 0 bridgehead atoms. The first-order valence-corrected chi connectivity index (χ1v) is 4.86. The van der Waals surface area contributed by atoms with Crippen molar-refractivity contribution in [3.8, 4) is 0 Å². The van der Waals surface area contributed by atoms with Crippen LogP contribution < -0.4 is 5.56 Å². The zero-order valence-electron chi connectivity index (χ0n) is 8.03. The Bertz CT molecular complexity index is 398. The van der Waals surface area contributed by atoms with Gasteiger partial charge >= 0.3 is 0 Å². The number of halogens is 1. The maximum absolute atomic E-state index is 11.4. The van der Waals surface area contributed by atoms with Crippen LogP contribution in [0, 0.1) is 0 Å². The van der Waals surface area contributed by atoms with Crippen molar-refractivity contribution < 1.29 is 4.79 Å². The lowest BCUT2D eigenvalue weighted by atomic mass is 10.4. The number of nitrogens with zero attached hydrogens (tertiary/aromatic N) is 2. The highest BCUT2D eigenvalue weighted by Crippen LogP contribution is 2.03. The third kappa shape index (κ3) is 2.70. The summed E-state index contributed by atoms with van der Waals surface area (Å²) in [6, 6.07) is 3.16. The summed E-state index contributed by atoms with van der Waals surface area (Å²) in [5.74, 6) is -0.102. The topological polar surface area (TPSA) is 42.3 Å². The standard InChI is InChI=1S/C9H11BrN2O2/c1-11(2)9(14)6-12-4-3-7(10)5-8(12)13/h3-5H,6H2,1-2H3. The first kappa shape index (κ1) is 11.0.